The van der Waals surface area contributed by atoms with E-state index in [1.165, 1.54) is 38.8 Å². The third-order valence-electron chi connectivity index (χ3n) is 4.69. The molecule has 0 aromatic heterocycles. The molecule has 0 spiro atoms. The molecule has 2 heteroatoms. The van der Waals surface area contributed by atoms with E-state index in [1.54, 1.807) is 6.42 Å². The van der Waals surface area contributed by atoms with Crippen LogP contribution in [0.1, 0.15) is 32.1 Å². The van der Waals surface area contributed by atoms with E-state index in [4.69, 9.17) is 5.73 Å². The average molecular weight is 194 g/mol. The zero-order valence-corrected chi connectivity index (χ0v) is 8.99. The number of nitrogens with two attached hydrogens (primary N) is 1. The lowest BCUT2D eigenvalue weighted by Gasteiger charge is -2.26. The molecule has 2 nitrogen and oxygen atoms in total. The summed E-state index contributed by atoms with van der Waals surface area (Å²) in [5.41, 5.74) is 5.93. The number of fused-ring (bicyclic) bond motifs is 2. The largest absolute Gasteiger partial charge is 0.326 e. The fourth-order valence-electron chi connectivity index (χ4n) is 3.96. The van der Waals surface area contributed by atoms with Crippen LogP contribution < -0.4 is 5.73 Å². The van der Waals surface area contributed by atoms with Crippen LogP contribution in [0.4, 0.5) is 0 Å². The molecule has 3 fully saturated rings. The number of nitrogens with zero attached hydrogens (tertiary/aromatic N) is 1. The Morgan fingerprint density at radius 3 is 2.64 bits per heavy atom. The van der Waals surface area contributed by atoms with Crippen molar-refractivity contribution in [3.05, 3.63) is 0 Å². The topological polar surface area (TPSA) is 29.3 Å². The SMILES string of the molecule is N[C@H]1CCN(CC2CC3CCC2C3)C1. The van der Waals surface area contributed by atoms with Gasteiger partial charge in [-0.25, -0.2) is 0 Å². The van der Waals surface area contributed by atoms with Gasteiger partial charge in [-0.3, -0.25) is 0 Å². The quantitative estimate of drug-likeness (QED) is 0.721. The second kappa shape index (κ2) is 3.49. The number of hydrogen-bond donors (Lipinski definition) is 1. The maximum atomic E-state index is 5.93. The van der Waals surface area contributed by atoms with Crippen molar-refractivity contribution in [2.45, 2.75) is 38.1 Å². The molecule has 2 N–H and O–H groups in total. The molecule has 4 atom stereocenters. The first kappa shape index (κ1) is 9.17. The van der Waals surface area contributed by atoms with Crippen LogP contribution in [-0.4, -0.2) is 30.6 Å². The first-order chi connectivity index (χ1) is 6.81. The second-order valence-electron chi connectivity index (χ2n) is 5.74. The van der Waals surface area contributed by atoms with E-state index in [-0.39, 0.29) is 0 Å². The molecular weight excluding hydrogens is 172 g/mol. The van der Waals surface area contributed by atoms with Gasteiger partial charge in [0, 0.05) is 19.1 Å². The van der Waals surface area contributed by atoms with Gasteiger partial charge in [0.2, 0.25) is 0 Å². The maximum Gasteiger partial charge on any atom is 0.0180 e. The molecule has 3 aliphatic rings. The summed E-state index contributed by atoms with van der Waals surface area (Å²) in [5.74, 6) is 3.21. The van der Waals surface area contributed by atoms with Gasteiger partial charge in [-0.2, -0.15) is 0 Å². The van der Waals surface area contributed by atoms with E-state index in [1.807, 2.05) is 0 Å². The van der Waals surface area contributed by atoms with Gasteiger partial charge in [0.1, 0.15) is 0 Å². The predicted molar refractivity (Wildman–Crippen MR) is 58.0 cm³/mol. The van der Waals surface area contributed by atoms with Gasteiger partial charge < -0.3 is 10.6 Å². The van der Waals surface area contributed by atoms with Gasteiger partial charge in [0.25, 0.3) is 0 Å². The molecule has 2 saturated carbocycles. The Morgan fingerprint density at radius 1 is 1.14 bits per heavy atom. The van der Waals surface area contributed by atoms with Crippen molar-refractivity contribution in [2.75, 3.05) is 19.6 Å². The van der Waals surface area contributed by atoms with E-state index in [9.17, 15) is 0 Å². The molecule has 0 radical (unpaired) electrons. The van der Waals surface area contributed by atoms with Gasteiger partial charge in [-0.1, -0.05) is 6.42 Å². The first-order valence-corrected chi connectivity index (χ1v) is 6.29. The highest BCUT2D eigenvalue weighted by Gasteiger charge is 2.40. The van der Waals surface area contributed by atoms with E-state index in [0.717, 1.165) is 24.3 Å². The molecule has 3 rings (SSSR count). The fraction of sp³-hybridized carbons (Fsp3) is 1.00. The monoisotopic (exact) mass is 194 g/mol. The Labute approximate surface area is 86.8 Å². The number of hydrogen-bond acceptors (Lipinski definition) is 2. The van der Waals surface area contributed by atoms with Crippen LogP contribution in [0.3, 0.4) is 0 Å². The molecule has 1 saturated heterocycles. The molecule has 2 aliphatic carbocycles. The summed E-state index contributed by atoms with van der Waals surface area (Å²) in [5, 5.41) is 0. The summed E-state index contributed by atoms with van der Waals surface area (Å²) in [7, 11) is 0. The van der Waals surface area contributed by atoms with Crippen molar-refractivity contribution in [1.29, 1.82) is 0 Å². The summed E-state index contributed by atoms with van der Waals surface area (Å²) in [6.07, 6.45) is 7.34. The number of rotatable bonds is 2. The Kier molecular flexibility index (Phi) is 2.29. The van der Waals surface area contributed by atoms with Crippen LogP contribution in [0.25, 0.3) is 0 Å². The molecule has 80 valence electrons. The zero-order chi connectivity index (χ0) is 9.54. The van der Waals surface area contributed by atoms with E-state index < -0.39 is 0 Å². The Hall–Kier alpha value is -0.0800. The lowest BCUT2D eigenvalue weighted by Crippen LogP contribution is -2.32. The summed E-state index contributed by atoms with van der Waals surface area (Å²) in [6, 6.07) is 0.466. The molecule has 3 unspecified atom stereocenters. The van der Waals surface area contributed by atoms with Crippen LogP contribution in [0, 0.1) is 17.8 Å². The lowest BCUT2D eigenvalue weighted by atomic mass is 9.88. The molecule has 0 aromatic rings. The van der Waals surface area contributed by atoms with Gasteiger partial charge in [0.15, 0.2) is 0 Å². The smallest absolute Gasteiger partial charge is 0.0180 e. The molecule has 0 aromatic carbocycles. The normalized spacial score (nSPS) is 47.8. The van der Waals surface area contributed by atoms with Crippen molar-refractivity contribution in [2.24, 2.45) is 23.5 Å². The minimum absolute atomic E-state index is 0.466. The Balaban J connectivity index is 1.53. The van der Waals surface area contributed by atoms with Crippen LogP contribution in [0.15, 0.2) is 0 Å². The minimum Gasteiger partial charge on any atom is -0.326 e. The first-order valence-electron chi connectivity index (χ1n) is 6.29. The van der Waals surface area contributed by atoms with Crippen molar-refractivity contribution in [3.8, 4) is 0 Å². The molecule has 1 aliphatic heterocycles. The molecule has 14 heavy (non-hydrogen) atoms. The van der Waals surface area contributed by atoms with Gasteiger partial charge in [0.05, 0.1) is 0 Å². The van der Waals surface area contributed by atoms with E-state index in [2.05, 4.69) is 4.90 Å². The summed E-state index contributed by atoms with van der Waals surface area (Å²) in [6.45, 7) is 3.78. The minimum atomic E-state index is 0.466. The molecular formula is C12H22N2. The summed E-state index contributed by atoms with van der Waals surface area (Å²) < 4.78 is 0. The van der Waals surface area contributed by atoms with Crippen molar-refractivity contribution in [3.63, 3.8) is 0 Å². The van der Waals surface area contributed by atoms with E-state index >= 15 is 0 Å². The van der Waals surface area contributed by atoms with Crippen LogP contribution in [-0.2, 0) is 0 Å². The van der Waals surface area contributed by atoms with Crippen molar-refractivity contribution < 1.29 is 0 Å². The molecule has 1 heterocycles. The average Bonchev–Trinajstić information content (AvgIpc) is 2.82. The van der Waals surface area contributed by atoms with Crippen molar-refractivity contribution in [1.82, 2.24) is 4.90 Å². The van der Waals surface area contributed by atoms with E-state index in [0.29, 0.717) is 6.04 Å². The van der Waals surface area contributed by atoms with Gasteiger partial charge in [-0.05, 0) is 50.0 Å². The highest BCUT2D eigenvalue weighted by atomic mass is 15.2. The van der Waals surface area contributed by atoms with Gasteiger partial charge >= 0.3 is 0 Å². The zero-order valence-electron chi connectivity index (χ0n) is 8.99. The third kappa shape index (κ3) is 1.59. The highest BCUT2D eigenvalue weighted by molar-refractivity contribution is 4.92. The lowest BCUT2D eigenvalue weighted by molar-refractivity contribution is 0.218. The summed E-state index contributed by atoms with van der Waals surface area (Å²) in [4.78, 5) is 2.61. The molecule has 2 bridgehead atoms. The number of likely N-dealkylation sites (tertiary alicyclic amines) is 1. The maximum absolute atomic E-state index is 5.93. The fourth-order valence-corrected chi connectivity index (χ4v) is 3.96. The van der Waals surface area contributed by atoms with Crippen LogP contribution in [0.5, 0.6) is 0 Å². The van der Waals surface area contributed by atoms with Gasteiger partial charge in [-0.15, -0.1) is 0 Å². The van der Waals surface area contributed by atoms with Crippen LogP contribution in [0.2, 0.25) is 0 Å². The Bertz CT molecular complexity index is 216. The Morgan fingerprint density at radius 2 is 2.07 bits per heavy atom. The third-order valence-corrected chi connectivity index (χ3v) is 4.69. The van der Waals surface area contributed by atoms with Crippen molar-refractivity contribution >= 4 is 0 Å². The molecule has 0 amide bonds. The predicted octanol–water partition coefficient (Wildman–Crippen LogP) is 1.46. The second-order valence-corrected chi connectivity index (χ2v) is 5.74. The standard InChI is InChI=1S/C12H22N2/c13-12-3-4-14(8-12)7-11-6-9-1-2-10(11)5-9/h9-12H,1-8,13H2/t9?,10?,11?,12-/m0/s1. The summed E-state index contributed by atoms with van der Waals surface area (Å²) >= 11 is 0. The van der Waals surface area contributed by atoms with Crippen LogP contribution >= 0.6 is 0 Å². The highest BCUT2D eigenvalue weighted by Crippen LogP contribution is 2.48.